The summed E-state index contributed by atoms with van der Waals surface area (Å²) in [5, 5.41) is 6.24. The Hall–Kier alpha value is -2.15. The van der Waals surface area contributed by atoms with Gasteiger partial charge in [0, 0.05) is 36.7 Å². The van der Waals surface area contributed by atoms with Gasteiger partial charge in [0.15, 0.2) is 4.96 Å². The maximum atomic E-state index is 12.6. The molecule has 0 unspecified atom stereocenters. The molecule has 22 heavy (non-hydrogen) atoms. The standard InChI is InChI=1S/C15H17N5OS/c21-14(9-12-10-18-7-8-22-15(18)17-12)20-6-1-3-13(20)11-19-5-2-4-16-19/h2,4-5,7-8,10,13H,1,3,6,9,11H2/t13-/m0/s1. The van der Waals surface area contributed by atoms with Gasteiger partial charge in [-0.05, 0) is 18.9 Å². The predicted molar refractivity (Wildman–Crippen MR) is 83.7 cm³/mol. The third-order valence-corrected chi connectivity index (χ3v) is 4.90. The molecule has 6 nitrogen and oxygen atoms in total. The number of rotatable bonds is 4. The molecule has 0 aliphatic carbocycles. The second kappa shape index (κ2) is 5.57. The van der Waals surface area contributed by atoms with E-state index in [4.69, 9.17) is 0 Å². The van der Waals surface area contributed by atoms with E-state index in [0.717, 1.165) is 36.6 Å². The molecule has 4 rings (SSSR count). The van der Waals surface area contributed by atoms with Crippen molar-refractivity contribution in [3.8, 4) is 0 Å². The Morgan fingerprint density at radius 1 is 1.41 bits per heavy atom. The molecule has 0 aromatic carbocycles. The Bertz CT molecular complexity index is 746. The number of hydrogen-bond acceptors (Lipinski definition) is 4. The first-order valence-corrected chi connectivity index (χ1v) is 8.35. The van der Waals surface area contributed by atoms with Crippen LogP contribution >= 0.6 is 11.3 Å². The van der Waals surface area contributed by atoms with Crippen LogP contribution in [0.1, 0.15) is 18.5 Å². The maximum Gasteiger partial charge on any atom is 0.228 e. The fourth-order valence-corrected chi connectivity index (χ4v) is 3.81. The minimum Gasteiger partial charge on any atom is -0.338 e. The SMILES string of the molecule is O=C(Cc1cn2ccsc2n1)N1CCC[C@H]1Cn1cccn1. The first-order valence-electron chi connectivity index (χ1n) is 7.47. The second-order valence-electron chi connectivity index (χ2n) is 5.61. The van der Waals surface area contributed by atoms with Gasteiger partial charge in [0.05, 0.1) is 24.7 Å². The summed E-state index contributed by atoms with van der Waals surface area (Å²) in [5.41, 5.74) is 0.849. The van der Waals surface area contributed by atoms with Crippen LogP contribution in [0, 0.1) is 0 Å². The quantitative estimate of drug-likeness (QED) is 0.738. The van der Waals surface area contributed by atoms with Crippen LogP contribution < -0.4 is 0 Å². The Morgan fingerprint density at radius 3 is 3.18 bits per heavy atom. The van der Waals surface area contributed by atoms with Crippen molar-refractivity contribution in [2.75, 3.05) is 6.54 Å². The topological polar surface area (TPSA) is 55.4 Å². The lowest BCUT2D eigenvalue weighted by atomic mass is 10.2. The Kier molecular flexibility index (Phi) is 3.42. The number of aromatic nitrogens is 4. The highest BCUT2D eigenvalue weighted by Crippen LogP contribution is 2.20. The van der Waals surface area contributed by atoms with Gasteiger partial charge in [0.25, 0.3) is 0 Å². The summed E-state index contributed by atoms with van der Waals surface area (Å²) in [6.45, 7) is 1.62. The van der Waals surface area contributed by atoms with Crippen molar-refractivity contribution in [2.45, 2.75) is 31.8 Å². The summed E-state index contributed by atoms with van der Waals surface area (Å²) in [5.74, 6) is 0.167. The van der Waals surface area contributed by atoms with E-state index >= 15 is 0 Å². The lowest BCUT2D eigenvalue weighted by Crippen LogP contribution is -2.39. The molecule has 3 aromatic heterocycles. The van der Waals surface area contributed by atoms with E-state index in [1.807, 2.05) is 44.0 Å². The summed E-state index contributed by atoms with van der Waals surface area (Å²) in [7, 11) is 0. The Balaban J connectivity index is 1.45. The molecule has 0 bridgehead atoms. The van der Waals surface area contributed by atoms with Crippen LogP contribution in [0.25, 0.3) is 4.96 Å². The van der Waals surface area contributed by atoms with Crippen molar-refractivity contribution in [2.24, 2.45) is 0 Å². The molecule has 4 heterocycles. The summed E-state index contributed by atoms with van der Waals surface area (Å²) in [6.07, 6.45) is 10.1. The number of fused-ring (bicyclic) bond motifs is 1. The molecule has 3 aromatic rings. The van der Waals surface area contributed by atoms with E-state index in [0.29, 0.717) is 6.42 Å². The molecule has 1 fully saturated rings. The highest BCUT2D eigenvalue weighted by molar-refractivity contribution is 7.15. The molecule has 0 saturated carbocycles. The van der Waals surface area contributed by atoms with Gasteiger partial charge in [0.1, 0.15) is 0 Å². The second-order valence-corrected chi connectivity index (χ2v) is 6.49. The van der Waals surface area contributed by atoms with Crippen LogP contribution in [0.2, 0.25) is 0 Å². The zero-order valence-electron chi connectivity index (χ0n) is 12.1. The summed E-state index contributed by atoms with van der Waals surface area (Å²) >= 11 is 1.59. The van der Waals surface area contributed by atoms with Crippen LogP contribution in [0.3, 0.4) is 0 Å². The van der Waals surface area contributed by atoms with Crippen molar-refractivity contribution in [1.29, 1.82) is 0 Å². The summed E-state index contributed by atoms with van der Waals surface area (Å²) in [4.78, 5) is 20.0. The van der Waals surface area contributed by atoms with Gasteiger partial charge in [0.2, 0.25) is 5.91 Å². The van der Waals surface area contributed by atoms with E-state index in [-0.39, 0.29) is 11.9 Å². The van der Waals surface area contributed by atoms with E-state index in [1.54, 1.807) is 17.5 Å². The minimum absolute atomic E-state index is 0.167. The van der Waals surface area contributed by atoms with Crippen molar-refractivity contribution >= 4 is 22.2 Å². The fourth-order valence-electron chi connectivity index (χ4n) is 3.10. The van der Waals surface area contributed by atoms with Crippen molar-refractivity contribution in [3.63, 3.8) is 0 Å². The molecule has 1 amide bonds. The predicted octanol–water partition coefficient (Wildman–Crippen LogP) is 1.83. The van der Waals surface area contributed by atoms with Gasteiger partial charge < -0.3 is 4.90 Å². The number of likely N-dealkylation sites (tertiary alicyclic amines) is 1. The molecule has 0 radical (unpaired) electrons. The largest absolute Gasteiger partial charge is 0.338 e. The van der Waals surface area contributed by atoms with Gasteiger partial charge in [-0.15, -0.1) is 11.3 Å². The van der Waals surface area contributed by atoms with E-state index in [9.17, 15) is 4.79 Å². The number of imidazole rings is 1. The van der Waals surface area contributed by atoms with Gasteiger partial charge in [-0.2, -0.15) is 5.10 Å². The number of hydrogen-bond donors (Lipinski definition) is 0. The molecule has 114 valence electrons. The van der Waals surface area contributed by atoms with Crippen LogP contribution in [-0.2, 0) is 17.8 Å². The lowest BCUT2D eigenvalue weighted by Gasteiger charge is -2.24. The van der Waals surface area contributed by atoms with Gasteiger partial charge in [-0.3, -0.25) is 13.9 Å². The molecule has 0 spiro atoms. The molecular weight excluding hydrogens is 298 g/mol. The summed E-state index contributed by atoms with van der Waals surface area (Å²) in [6, 6.07) is 2.16. The van der Waals surface area contributed by atoms with Crippen LogP contribution in [0.4, 0.5) is 0 Å². The van der Waals surface area contributed by atoms with E-state index in [2.05, 4.69) is 10.1 Å². The Labute approximate surface area is 132 Å². The number of carbonyl (C=O) groups excluding carboxylic acids is 1. The highest BCUT2D eigenvalue weighted by Gasteiger charge is 2.29. The van der Waals surface area contributed by atoms with Gasteiger partial charge >= 0.3 is 0 Å². The zero-order valence-corrected chi connectivity index (χ0v) is 12.9. The molecule has 0 N–H and O–H groups in total. The van der Waals surface area contributed by atoms with Crippen LogP contribution in [-0.4, -0.2) is 42.6 Å². The lowest BCUT2D eigenvalue weighted by molar-refractivity contribution is -0.131. The summed E-state index contributed by atoms with van der Waals surface area (Å²) < 4.78 is 3.88. The first kappa shape index (κ1) is 13.5. The number of carbonyl (C=O) groups is 1. The number of amides is 1. The molecule has 1 atom stereocenters. The first-order chi connectivity index (χ1) is 10.8. The molecule has 7 heteroatoms. The minimum atomic E-state index is 0.167. The molecule has 1 aliphatic rings. The third kappa shape index (κ3) is 2.52. The van der Waals surface area contributed by atoms with Crippen molar-refractivity contribution < 1.29 is 4.79 Å². The van der Waals surface area contributed by atoms with Crippen LogP contribution in [0.5, 0.6) is 0 Å². The average Bonchev–Trinajstić information content (AvgIpc) is 3.21. The number of nitrogens with zero attached hydrogens (tertiary/aromatic N) is 5. The highest BCUT2D eigenvalue weighted by atomic mass is 32.1. The normalized spacial score (nSPS) is 18.4. The van der Waals surface area contributed by atoms with E-state index < -0.39 is 0 Å². The van der Waals surface area contributed by atoms with Gasteiger partial charge in [-0.1, -0.05) is 0 Å². The molecule has 1 saturated heterocycles. The molecule has 1 aliphatic heterocycles. The smallest absolute Gasteiger partial charge is 0.228 e. The third-order valence-electron chi connectivity index (χ3n) is 4.13. The van der Waals surface area contributed by atoms with Crippen molar-refractivity contribution in [3.05, 3.63) is 41.9 Å². The molecular formula is C15H17N5OS. The number of thiazole rings is 1. The Morgan fingerprint density at radius 2 is 2.36 bits per heavy atom. The fraction of sp³-hybridized carbons (Fsp3) is 0.400. The van der Waals surface area contributed by atoms with E-state index in [1.165, 1.54) is 0 Å². The zero-order chi connectivity index (χ0) is 14.9. The maximum absolute atomic E-state index is 12.6. The monoisotopic (exact) mass is 315 g/mol. The van der Waals surface area contributed by atoms with Gasteiger partial charge in [-0.25, -0.2) is 4.98 Å². The van der Waals surface area contributed by atoms with Crippen LogP contribution in [0.15, 0.2) is 36.2 Å². The average molecular weight is 315 g/mol. The van der Waals surface area contributed by atoms with Crippen molar-refractivity contribution in [1.82, 2.24) is 24.1 Å².